The number of ether oxygens (including phenoxy) is 1. The van der Waals surface area contributed by atoms with Crippen LogP contribution in [0.1, 0.15) is 49.4 Å². The first-order chi connectivity index (χ1) is 11.4. The zero-order valence-electron chi connectivity index (χ0n) is 15.0. The van der Waals surface area contributed by atoms with Crippen molar-refractivity contribution in [2.24, 2.45) is 0 Å². The predicted octanol–water partition coefficient (Wildman–Crippen LogP) is 5.01. The van der Waals surface area contributed by atoms with Gasteiger partial charge in [0.05, 0.1) is 13.2 Å². The number of amides is 2. The first-order valence-electron chi connectivity index (χ1n) is 8.23. The lowest BCUT2D eigenvalue weighted by Gasteiger charge is -2.21. The van der Waals surface area contributed by atoms with E-state index in [-0.39, 0.29) is 12.1 Å². The molecule has 0 unspecified atom stereocenters. The number of aryl methyl sites for hydroxylation is 1. The van der Waals surface area contributed by atoms with Crippen molar-refractivity contribution >= 4 is 11.7 Å². The van der Waals surface area contributed by atoms with Crippen molar-refractivity contribution < 1.29 is 9.53 Å². The molecule has 0 bridgehead atoms. The highest BCUT2D eigenvalue weighted by Gasteiger charge is 2.16. The molecule has 2 amide bonds. The minimum Gasteiger partial charge on any atom is -0.496 e. The molecule has 0 aromatic heterocycles. The van der Waals surface area contributed by atoms with Gasteiger partial charge in [-0.25, -0.2) is 4.79 Å². The lowest BCUT2D eigenvalue weighted by Crippen LogP contribution is -2.31. The molecule has 4 nitrogen and oxygen atoms in total. The van der Waals surface area contributed by atoms with Crippen LogP contribution in [0.2, 0.25) is 0 Å². The molecule has 0 heterocycles. The maximum atomic E-state index is 12.2. The third kappa shape index (κ3) is 4.28. The largest absolute Gasteiger partial charge is 0.496 e. The summed E-state index contributed by atoms with van der Waals surface area (Å²) in [6.45, 7) is 8.30. The second kappa shape index (κ2) is 7.86. The zero-order chi connectivity index (χ0) is 17.7. The summed E-state index contributed by atoms with van der Waals surface area (Å²) in [5.41, 5.74) is 4.12. The Bertz CT molecular complexity index is 696. The number of hydrogen-bond acceptors (Lipinski definition) is 2. The minimum absolute atomic E-state index is 0.0999. The van der Waals surface area contributed by atoms with Crippen molar-refractivity contribution in [1.29, 1.82) is 0 Å². The van der Waals surface area contributed by atoms with Crippen LogP contribution in [0.25, 0.3) is 0 Å². The van der Waals surface area contributed by atoms with E-state index < -0.39 is 0 Å². The summed E-state index contributed by atoms with van der Waals surface area (Å²) in [4.78, 5) is 12.2. The van der Waals surface area contributed by atoms with Gasteiger partial charge in [-0.2, -0.15) is 0 Å². The molecule has 0 aliphatic carbocycles. The molecular weight excluding hydrogens is 300 g/mol. The van der Waals surface area contributed by atoms with Gasteiger partial charge in [-0.05, 0) is 60.7 Å². The molecule has 0 aliphatic rings. The Hall–Kier alpha value is -2.49. The molecular formula is C20H26N2O2. The number of urea groups is 1. The van der Waals surface area contributed by atoms with Crippen molar-refractivity contribution in [3.63, 3.8) is 0 Å². The lowest BCUT2D eigenvalue weighted by molar-refractivity contribution is 0.249. The monoisotopic (exact) mass is 326 g/mol. The average Bonchev–Trinajstić information content (AvgIpc) is 2.54. The Morgan fingerprint density at radius 1 is 1.04 bits per heavy atom. The Morgan fingerprint density at radius 3 is 2.29 bits per heavy atom. The van der Waals surface area contributed by atoms with Gasteiger partial charge in [0.15, 0.2) is 0 Å². The van der Waals surface area contributed by atoms with E-state index in [1.165, 1.54) is 0 Å². The summed E-state index contributed by atoms with van der Waals surface area (Å²) in [5.74, 6) is 1.25. The van der Waals surface area contributed by atoms with Gasteiger partial charge in [0.2, 0.25) is 0 Å². The molecule has 0 aliphatic heterocycles. The molecule has 128 valence electrons. The first-order valence-corrected chi connectivity index (χ1v) is 8.23. The van der Waals surface area contributed by atoms with E-state index in [0.717, 1.165) is 28.1 Å². The number of anilines is 1. The molecule has 0 saturated carbocycles. The number of hydrogen-bond donors (Lipinski definition) is 2. The van der Waals surface area contributed by atoms with Crippen LogP contribution in [0.4, 0.5) is 10.5 Å². The van der Waals surface area contributed by atoms with Gasteiger partial charge in [-0.15, -0.1) is 0 Å². The normalized spacial score (nSPS) is 11.9. The number of methoxy groups -OCH3 is 1. The van der Waals surface area contributed by atoms with Crippen LogP contribution in [0, 0.1) is 6.92 Å². The average molecular weight is 326 g/mol. The lowest BCUT2D eigenvalue weighted by atomic mass is 9.93. The molecule has 0 radical (unpaired) electrons. The van der Waals surface area contributed by atoms with Crippen LogP contribution in [0.5, 0.6) is 5.75 Å². The molecule has 24 heavy (non-hydrogen) atoms. The van der Waals surface area contributed by atoms with E-state index >= 15 is 0 Å². The molecule has 2 rings (SSSR count). The van der Waals surface area contributed by atoms with Crippen LogP contribution in [0.3, 0.4) is 0 Å². The third-order valence-electron chi connectivity index (χ3n) is 4.09. The van der Waals surface area contributed by atoms with Crippen LogP contribution < -0.4 is 15.4 Å². The third-order valence-corrected chi connectivity index (χ3v) is 4.09. The van der Waals surface area contributed by atoms with Crippen LogP contribution in [-0.4, -0.2) is 13.1 Å². The van der Waals surface area contributed by atoms with E-state index in [9.17, 15) is 4.79 Å². The molecule has 4 heteroatoms. The van der Waals surface area contributed by atoms with Gasteiger partial charge in [-0.3, -0.25) is 0 Å². The Kier molecular flexibility index (Phi) is 5.85. The topological polar surface area (TPSA) is 50.4 Å². The fourth-order valence-corrected chi connectivity index (χ4v) is 2.77. The van der Waals surface area contributed by atoms with E-state index in [2.05, 4.69) is 30.5 Å². The molecule has 2 aromatic rings. The molecule has 0 saturated heterocycles. The van der Waals surface area contributed by atoms with Crippen molar-refractivity contribution in [2.45, 2.75) is 39.7 Å². The van der Waals surface area contributed by atoms with Crippen molar-refractivity contribution in [3.8, 4) is 5.75 Å². The number of nitrogens with one attached hydrogen (secondary N) is 2. The maximum absolute atomic E-state index is 12.2. The highest BCUT2D eigenvalue weighted by molar-refractivity contribution is 5.89. The standard InChI is InChI=1S/C20H26N2O2/c1-13(2)17-12-18(14(3)11-19(17)24-5)15(4)21-20(23)22-16-9-7-6-8-10-16/h6-13,15H,1-5H3,(H2,21,22,23)/t15-/m1/s1. The number of para-hydroxylation sites is 1. The SMILES string of the molecule is COc1cc(C)c([C@@H](C)NC(=O)Nc2ccccc2)cc1C(C)C. The quantitative estimate of drug-likeness (QED) is 0.811. The van der Waals surface area contributed by atoms with Gasteiger partial charge < -0.3 is 15.4 Å². The van der Waals surface area contributed by atoms with Gasteiger partial charge in [0, 0.05) is 5.69 Å². The summed E-state index contributed by atoms with van der Waals surface area (Å²) in [6.07, 6.45) is 0. The fourth-order valence-electron chi connectivity index (χ4n) is 2.77. The van der Waals surface area contributed by atoms with Gasteiger partial charge in [0.25, 0.3) is 0 Å². The van der Waals surface area contributed by atoms with E-state index in [1.54, 1.807) is 7.11 Å². The minimum atomic E-state index is -0.213. The van der Waals surface area contributed by atoms with Crippen molar-refractivity contribution in [1.82, 2.24) is 5.32 Å². The van der Waals surface area contributed by atoms with E-state index in [4.69, 9.17) is 4.74 Å². The summed E-state index contributed by atoms with van der Waals surface area (Å²) in [6, 6.07) is 13.3. The molecule has 2 N–H and O–H groups in total. The van der Waals surface area contributed by atoms with Gasteiger partial charge >= 0.3 is 6.03 Å². The Morgan fingerprint density at radius 2 is 1.71 bits per heavy atom. The fraction of sp³-hybridized carbons (Fsp3) is 0.350. The van der Waals surface area contributed by atoms with E-state index in [0.29, 0.717) is 5.92 Å². The highest BCUT2D eigenvalue weighted by atomic mass is 16.5. The predicted molar refractivity (Wildman–Crippen MR) is 98.8 cm³/mol. The summed E-state index contributed by atoms with van der Waals surface area (Å²) < 4.78 is 5.48. The molecule has 2 aromatic carbocycles. The number of benzene rings is 2. The van der Waals surface area contributed by atoms with E-state index in [1.807, 2.05) is 50.2 Å². The van der Waals surface area contributed by atoms with Crippen LogP contribution in [0.15, 0.2) is 42.5 Å². The first kappa shape index (κ1) is 17.9. The van der Waals surface area contributed by atoms with Crippen LogP contribution in [-0.2, 0) is 0 Å². The smallest absolute Gasteiger partial charge is 0.319 e. The molecule has 0 fully saturated rings. The number of rotatable bonds is 5. The van der Waals surface area contributed by atoms with Crippen molar-refractivity contribution in [3.05, 3.63) is 59.2 Å². The second-order valence-corrected chi connectivity index (χ2v) is 6.29. The summed E-state index contributed by atoms with van der Waals surface area (Å²) >= 11 is 0. The number of carbonyl (C=O) groups is 1. The summed E-state index contributed by atoms with van der Waals surface area (Å²) in [7, 11) is 1.69. The zero-order valence-corrected chi connectivity index (χ0v) is 15.0. The maximum Gasteiger partial charge on any atom is 0.319 e. The Labute approximate surface area is 144 Å². The van der Waals surface area contributed by atoms with Gasteiger partial charge in [-0.1, -0.05) is 32.0 Å². The molecule has 0 spiro atoms. The second-order valence-electron chi connectivity index (χ2n) is 6.29. The Balaban J connectivity index is 2.15. The van der Waals surface area contributed by atoms with Gasteiger partial charge in [0.1, 0.15) is 5.75 Å². The van der Waals surface area contributed by atoms with Crippen molar-refractivity contribution in [2.75, 3.05) is 12.4 Å². The molecule has 1 atom stereocenters. The number of carbonyl (C=O) groups excluding carboxylic acids is 1. The summed E-state index contributed by atoms with van der Waals surface area (Å²) in [5, 5.41) is 5.85. The van der Waals surface area contributed by atoms with Crippen LogP contribution >= 0.6 is 0 Å². The highest BCUT2D eigenvalue weighted by Crippen LogP contribution is 2.32.